The minimum absolute atomic E-state index is 0.0778. The molecule has 3 aromatic rings. The van der Waals surface area contributed by atoms with Gasteiger partial charge in [0.2, 0.25) is 10.0 Å². The van der Waals surface area contributed by atoms with E-state index in [-0.39, 0.29) is 18.0 Å². The van der Waals surface area contributed by atoms with E-state index in [2.05, 4.69) is 15.9 Å². The van der Waals surface area contributed by atoms with Crippen molar-refractivity contribution in [1.29, 1.82) is 0 Å². The maximum Gasteiger partial charge on any atom is 0.355 e. The number of carbonyl (C=O) groups excluding carboxylic acids is 1. The topological polar surface area (TPSA) is 76.0 Å². The molecular weight excluding hydrogens is 504 g/mol. The number of rotatable bonds is 6. The number of nitrogens with zero attached hydrogens (tertiary/aromatic N) is 2. The van der Waals surface area contributed by atoms with E-state index >= 15 is 0 Å². The van der Waals surface area contributed by atoms with Gasteiger partial charge in [0.05, 0.1) is 23.8 Å². The minimum Gasteiger partial charge on any atom is -0.463 e. The van der Waals surface area contributed by atoms with E-state index in [0.717, 1.165) is 19.9 Å². The Bertz CT molecular complexity index is 1290. The van der Waals surface area contributed by atoms with E-state index in [1.165, 1.54) is 0 Å². The lowest BCUT2D eigenvalue weighted by molar-refractivity contribution is -0.154. The van der Waals surface area contributed by atoms with Crippen molar-refractivity contribution >= 4 is 37.6 Å². The van der Waals surface area contributed by atoms with Crippen LogP contribution in [0.1, 0.15) is 23.6 Å². The van der Waals surface area contributed by atoms with Gasteiger partial charge in [-0.05, 0) is 43.7 Å². The second-order valence-corrected chi connectivity index (χ2v) is 10.4. The highest BCUT2D eigenvalue weighted by Gasteiger charge is 2.56. The number of aryl methyl sites for hydroxylation is 1. The second-order valence-electron chi connectivity index (χ2n) is 7.65. The van der Waals surface area contributed by atoms with E-state index in [1.54, 1.807) is 61.5 Å². The number of carbonyl (C=O) groups is 1. The highest BCUT2D eigenvalue weighted by atomic mass is 79.9. The van der Waals surface area contributed by atoms with Crippen molar-refractivity contribution in [3.05, 3.63) is 100 Å². The molecule has 1 aliphatic rings. The maximum atomic E-state index is 13.9. The van der Waals surface area contributed by atoms with Crippen molar-refractivity contribution in [3.8, 4) is 0 Å². The van der Waals surface area contributed by atoms with E-state index in [9.17, 15) is 13.2 Å². The minimum atomic E-state index is -4.11. The van der Waals surface area contributed by atoms with Crippen LogP contribution >= 0.6 is 15.9 Å². The fourth-order valence-corrected chi connectivity index (χ4v) is 5.67. The van der Waals surface area contributed by atoms with Crippen molar-refractivity contribution < 1.29 is 17.9 Å². The van der Waals surface area contributed by atoms with Crippen molar-refractivity contribution in [2.75, 3.05) is 13.2 Å². The summed E-state index contributed by atoms with van der Waals surface area (Å²) in [5.74, 6) is -0.737. The molecule has 33 heavy (non-hydrogen) atoms. The van der Waals surface area contributed by atoms with Gasteiger partial charge in [0.15, 0.2) is 0 Å². The molecule has 1 heterocycles. The molecule has 6 nitrogen and oxygen atoms in total. The molecule has 0 bridgehead atoms. The van der Waals surface area contributed by atoms with E-state index in [0.29, 0.717) is 11.3 Å². The summed E-state index contributed by atoms with van der Waals surface area (Å²) in [5.41, 5.74) is 0.691. The summed E-state index contributed by atoms with van der Waals surface area (Å²) >= 11 is 3.42. The van der Waals surface area contributed by atoms with E-state index in [1.807, 2.05) is 31.2 Å². The van der Waals surface area contributed by atoms with Crippen LogP contribution in [0.5, 0.6) is 0 Å². The normalized spacial score (nSPS) is 18.7. The lowest BCUT2D eigenvalue weighted by atomic mass is 10.0. The molecule has 0 radical (unpaired) electrons. The molecule has 0 spiro atoms. The number of hydrogen-bond acceptors (Lipinski definition) is 5. The Morgan fingerprint density at radius 2 is 1.67 bits per heavy atom. The van der Waals surface area contributed by atoms with Crippen molar-refractivity contribution in [3.63, 3.8) is 0 Å². The summed E-state index contributed by atoms with van der Waals surface area (Å²) in [7, 11) is -4.11. The van der Waals surface area contributed by atoms with Gasteiger partial charge in [-0.15, -0.1) is 0 Å². The summed E-state index contributed by atoms with van der Waals surface area (Å²) in [6.07, 6.45) is 0. The van der Waals surface area contributed by atoms with Crippen LogP contribution < -0.4 is 0 Å². The Labute approximate surface area is 202 Å². The van der Waals surface area contributed by atoms with Crippen LogP contribution in [0.25, 0.3) is 0 Å². The summed E-state index contributed by atoms with van der Waals surface area (Å²) in [5, 5.41) is 0. The molecule has 0 saturated heterocycles. The summed E-state index contributed by atoms with van der Waals surface area (Å²) in [6, 6.07) is 22.6. The molecule has 1 unspecified atom stereocenters. The molecular formula is C25H23BrN2O4S. The molecule has 0 fully saturated rings. The fourth-order valence-electron chi connectivity index (χ4n) is 3.81. The molecule has 3 aromatic carbocycles. The molecule has 0 aromatic heterocycles. The van der Waals surface area contributed by atoms with Crippen LogP contribution in [0.2, 0.25) is 0 Å². The summed E-state index contributed by atoms with van der Waals surface area (Å²) in [4.78, 5) is 18.4. The van der Waals surface area contributed by atoms with Crippen LogP contribution in [0.3, 0.4) is 0 Å². The molecule has 0 N–H and O–H groups in total. The number of sulfonamides is 1. The maximum absolute atomic E-state index is 13.9. The predicted octanol–water partition coefficient (Wildman–Crippen LogP) is 4.67. The zero-order chi connectivity index (χ0) is 23.6. The number of hydrogen-bond donors (Lipinski definition) is 0. The van der Waals surface area contributed by atoms with Gasteiger partial charge in [-0.25, -0.2) is 18.2 Å². The second kappa shape index (κ2) is 9.21. The highest BCUT2D eigenvalue weighted by molar-refractivity contribution is 9.10. The monoisotopic (exact) mass is 526 g/mol. The summed E-state index contributed by atoms with van der Waals surface area (Å²) < 4.78 is 35.3. The first-order valence-electron chi connectivity index (χ1n) is 10.5. The van der Waals surface area contributed by atoms with Gasteiger partial charge in [0.1, 0.15) is 0 Å². The Morgan fingerprint density at radius 3 is 2.27 bits per heavy atom. The first-order valence-corrected chi connectivity index (χ1v) is 12.7. The molecule has 0 saturated carbocycles. The zero-order valence-electron chi connectivity index (χ0n) is 18.2. The Hall–Kier alpha value is -2.81. The van der Waals surface area contributed by atoms with Gasteiger partial charge >= 0.3 is 5.97 Å². The third-order valence-electron chi connectivity index (χ3n) is 5.47. The van der Waals surface area contributed by atoms with Crippen molar-refractivity contribution in [2.24, 2.45) is 4.99 Å². The third kappa shape index (κ3) is 4.26. The lowest BCUT2D eigenvalue weighted by Gasteiger charge is -2.33. The SMILES string of the molecule is CCOC(=O)C1(c2ccccc2)N=C(c2ccc(Br)cc2)CN1S(=O)(=O)c1ccc(C)cc1. The number of halogens is 1. The standard InChI is InChI=1S/C25H23BrN2O4S/c1-3-32-24(29)25(20-7-5-4-6-8-20)27-23(19-11-13-21(26)14-12-19)17-28(25)33(30,31)22-15-9-18(2)10-16-22/h4-16H,3,17H2,1-2H3. The Morgan fingerprint density at radius 1 is 1.03 bits per heavy atom. The molecule has 1 atom stereocenters. The van der Waals surface area contributed by atoms with Crippen LogP contribution in [0, 0.1) is 6.92 Å². The highest BCUT2D eigenvalue weighted by Crippen LogP contribution is 2.41. The summed E-state index contributed by atoms with van der Waals surface area (Å²) in [6.45, 7) is 3.58. The molecule has 170 valence electrons. The number of esters is 1. The smallest absolute Gasteiger partial charge is 0.355 e. The fraction of sp³-hybridized carbons (Fsp3) is 0.200. The van der Waals surface area contributed by atoms with Crippen molar-refractivity contribution in [2.45, 2.75) is 24.4 Å². The van der Waals surface area contributed by atoms with Gasteiger partial charge in [0.25, 0.3) is 5.66 Å². The largest absolute Gasteiger partial charge is 0.463 e. The van der Waals surface area contributed by atoms with Gasteiger partial charge in [-0.2, -0.15) is 4.31 Å². The van der Waals surface area contributed by atoms with Gasteiger partial charge < -0.3 is 4.74 Å². The van der Waals surface area contributed by atoms with Crippen LogP contribution in [0.4, 0.5) is 0 Å². The predicted molar refractivity (Wildman–Crippen MR) is 131 cm³/mol. The first kappa shape index (κ1) is 23.4. The molecule has 8 heteroatoms. The van der Waals surface area contributed by atoms with Gasteiger partial charge in [-0.3, -0.25) is 0 Å². The Balaban J connectivity index is 1.96. The number of aliphatic imine (C=N–C) groups is 1. The number of ether oxygens (including phenoxy) is 1. The van der Waals surface area contributed by atoms with Gasteiger partial charge in [0, 0.05) is 10.0 Å². The van der Waals surface area contributed by atoms with Crippen LogP contribution in [-0.4, -0.2) is 37.6 Å². The van der Waals surface area contributed by atoms with Crippen LogP contribution in [-0.2, 0) is 25.2 Å². The zero-order valence-corrected chi connectivity index (χ0v) is 20.6. The molecule has 1 aliphatic heterocycles. The average molecular weight is 527 g/mol. The average Bonchev–Trinajstić information content (AvgIpc) is 3.23. The quantitative estimate of drug-likeness (QED) is 0.437. The number of benzene rings is 3. The van der Waals surface area contributed by atoms with Gasteiger partial charge in [-0.1, -0.05) is 76.1 Å². The van der Waals surface area contributed by atoms with Crippen molar-refractivity contribution in [1.82, 2.24) is 4.31 Å². The first-order chi connectivity index (χ1) is 15.8. The molecule has 0 aliphatic carbocycles. The third-order valence-corrected chi connectivity index (χ3v) is 7.84. The lowest BCUT2D eigenvalue weighted by Crippen LogP contribution is -2.51. The molecule has 4 rings (SSSR count). The van der Waals surface area contributed by atoms with Crippen LogP contribution in [0.15, 0.2) is 93.2 Å². The van der Waals surface area contributed by atoms with E-state index < -0.39 is 21.7 Å². The Kier molecular flexibility index (Phi) is 6.52. The van der Waals surface area contributed by atoms with E-state index in [4.69, 9.17) is 9.73 Å². The molecule has 0 amide bonds.